The van der Waals surface area contributed by atoms with Gasteiger partial charge < -0.3 is 4.74 Å². The van der Waals surface area contributed by atoms with Gasteiger partial charge in [0.2, 0.25) is 0 Å². The first-order valence-electron chi connectivity index (χ1n) is 7.33. The van der Waals surface area contributed by atoms with E-state index in [1.165, 1.54) is 23.1 Å². The van der Waals surface area contributed by atoms with E-state index in [-0.39, 0.29) is 0 Å². The van der Waals surface area contributed by atoms with E-state index in [1.54, 1.807) is 7.11 Å². The van der Waals surface area contributed by atoms with Gasteiger partial charge >= 0.3 is 0 Å². The number of hydrogen-bond acceptors (Lipinski definition) is 2. The van der Waals surface area contributed by atoms with Crippen molar-refractivity contribution in [3.63, 3.8) is 0 Å². The van der Waals surface area contributed by atoms with Crippen molar-refractivity contribution in [1.82, 2.24) is 4.98 Å². The maximum Gasteiger partial charge on any atom is 0.119 e. The van der Waals surface area contributed by atoms with E-state index in [0.717, 1.165) is 24.5 Å². The van der Waals surface area contributed by atoms with E-state index in [4.69, 9.17) is 4.74 Å². The van der Waals surface area contributed by atoms with Crippen molar-refractivity contribution in [1.29, 1.82) is 0 Å². The summed E-state index contributed by atoms with van der Waals surface area (Å²) in [4.78, 5) is 4.24. The monoisotopic (exact) mass is 267 g/mol. The topological polar surface area (TPSA) is 22.1 Å². The molecule has 0 saturated heterocycles. The van der Waals surface area contributed by atoms with Crippen LogP contribution in [0.25, 0.3) is 0 Å². The van der Waals surface area contributed by atoms with Crippen LogP contribution in [0.15, 0.2) is 42.7 Å². The minimum absolute atomic E-state index is 0.592. The van der Waals surface area contributed by atoms with Crippen molar-refractivity contribution in [3.8, 4) is 5.75 Å². The lowest BCUT2D eigenvalue weighted by Gasteiger charge is -2.31. The fourth-order valence-electron chi connectivity index (χ4n) is 3.26. The molecule has 1 aromatic carbocycles. The van der Waals surface area contributed by atoms with Crippen LogP contribution in [-0.2, 0) is 12.8 Å². The second kappa shape index (κ2) is 5.66. The van der Waals surface area contributed by atoms with Gasteiger partial charge in [0.05, 0.1) is 7.11 Å². The molecule has 0 amide bonds. The molecule has 2 atom stereocenters. The molecule has 2 nitrogen and oxygen atoms in total. The number of hydrogen-bond donors (Lipinski definition) is 0. The number of nitrogens with zero attached hydrogens (tertiary/aromatic N) is 1. The number of benzene rings is 1. The van der Waals surface area contributed by atoms with Crippen molar-refractivity contribution in [2.75, 3.05) is 7.11 Å². The van der Waals surface area contributed by atoms with E-state index in [9.17, 15) is 0 Å². The van der Waals surface area contributed by atoms with Gasteiger partial charge in [0.25, 0.3) is 0 Å². The Balaban J connectivity index is 1.91. The Morgan fingerprint density at radius 3 is 2.95 bits per heavy atom. The van der Waals surface area contributed by atoms with Gasteiger partial charge in [-0.2, -0.15) is 0 Å². The standard InChI is InChI=1S/C18H21NO/c1-13-5-6-15-11-16(20-2)7-8-17(15)18(13)10-14-4-3-9-19-12-14/h3-4,7-9,11-13,18H,5-6,10H2,1-2H3. The molecule has 1 heterocycles. The van der Waals surface area contributed by atoms with Gasteiger partial charge in [-0.3, -0.25) is 4.98 Å². The van der Waals surface area contributed by atoms with Gasteiger partial charge in [-0.25, -0.2) is 0 Å². The SMILES string of the molecule is COc1ccc2c(c1)CCC(C)C2Cc1cccnc1. The molecule has 20 heavy (non-hydrogen) atoms. The lowest BCUT2D eigenvalue weighted by molar-refractivity contribution is 0.392. The number of aromatic nitrogens is 1. The Bertz CT molecular complexity index is 579. The molecule has 2 aromatic rings. The minimum Gasteiger partial charge on any atom is -0.497 e. The Morgan fingerprint density at radius 1 is 1.30 bits per heavy atom. The van der Waals surface area contributed by atoms with Crippen molar-refractivity contribution >= 4 is 0 Å². The number of aryl methyl sites for hydroxylation is 1. The highest BCUT2D eigenvalue weighted by Gasteiger charge is 2.26. The van der Waals surface area contributed by atoms with Crippen LogP contribution in [0.2, 0.25) is 0 Å². The van der Waals surface area contributed by atoms with Crippen LogP contribution in [-0.4, -0.2) is 12.1 Å². The molecule has 0 fully saturated rings. The molecule has 0 N–H and O–H groups in total. The molecule has 1 aliphatic carbocycles. The zero-order chi connectivity index (χ0) is 13.9. The van der Waals surface area contributed by atoms with Gasteiger partial charge in [-0.1, -0.05) is 19.1 Å². The van der Waals surface area contributed by atoms with Crippen molar-refractivity contribution in [3.05, 3.63) is 59.4 Å². The highest BCUT2D eigenvalue weighted by atomic mass is 16.5. The fourth-order valence-corrected chi connectivity index (χ4v) is 3.26. The predicted octanol–water partition coefficient (Wildman–Crippen LogP) is 4.00. The van der Waals surface area contributed by atoms with E-state index >= 15 is 0 Å². The van der Waals surface area contributed by atoms with Gasteiger partial charge in [0, 0.05) is 12.4 Å². The van der Waals surface area contributed by atoms with Crippen molar-refractivity contribution in [2.24, 2.45) is 5.92 Å². The maximum absolute atomic E-state index is 5.35. The summed E-state index contributed by atoms with van der Waals surface area (Å²) in [6.45, 7) is 2.37. The zero-order valence-corrected chi connectivity index (χ0v) is 12.2. The van der Waals surface area contributed by atoms with Crippen LogP contribution in [0.4, 0.5) is 0 Å². The summed E-state index contributed by atoms with van der Waals surface area (Å²) < 4.78 is 5.35. The lowest BCUT2D eigenvalue weighted by atomic mass is 9.73. The molecule has 1 aliphatic rings. The summed E-state index contributed by atoms with van der Waals surface area (Å²) in [6, 6.07) is 10.8. The minimum atomic E-state index is 0.592. The summed E-state index contributed by atoms with van der Waals surface area (Å²) in [5, 5.41) is 0. The third-order valence-corrected chi connectivity index (χ3v) is 4.48. The van der Waals surface area contributed by atoms with Gasteiger partial charge in [-0.05, 0) is 66.0 Å². The number of pyridine rings is 1. The quantitative estimate of drug-likeness (QED) is 0.838. The molecule has 2 unspecified atom stereocenters. The van der Waals surface area contributed by atoms with E-state index in [2.05, 4.69) is 36.2 Å². The molecule has 0 saturated carbocycles. The summed E-state index contributed by atoms with van der Waals surface area (Å²) in [7, 11) is 1.74. The molecule has 3 rings (SSSR count). The number of rotatable bonds is 3. The third kappa shape index (κ3) is 2.55. The van der Waals surface area contributed by atoms with Crippen LogP contribution in [0, 0.1) is 5.92 Å². The first kappa shape index (κ1) is 13.2. The number of fused-ring (bicyclic) bond motifs is 1. The van der Waals surface area contributed by atoms with Crippen LogP contribution in [0.1, 0.15) is 36.0 Å². The highest BCUT2D eigenvalue weighted by Crippen LogP contribution is 2.39. The average Bonchev–Trinajstić information content (AvgIpc) is 2.50. The van der Waals surface area contributed by atoms with Crippen LogP contribution in [0.5, 0.6) is 5.75 Å². The molecule has 0 spiro atoms. The van der Waals surface area contributed by atoms with Gasteiger partial charge in [-0.15, -0.1) is 0 Å². The summed E-state index contributed by atoms with van der Waals surface area (Å²) in [6.07, 6.45) is 7.33. The molecule has 104 valence electrons. The second-order valence-corrected chi connectivity index (χ2v) is 5.75. The average molecular weight is 267 g/mol. The zero-order valence-electron chi connectivity index (χ0n) is 12.2. The van der Waals surface area contributed by atoms with Gasteiger partial charge in [0.15, 0.2) is 0 Å². The Morgan fingerprint density at radius 2 is 2.20 bits per heavy atom. The first-order valence-corrected chi connectivity index (χ1v) is 7.33. The fraction of sp³-hybridized carbons (Fsp3) is 0.389. The Hall–Kier alpha value is -1.83. The summed E-state index contributed by atoms with van der Waals surface area (Å²) >= 11 is 0. The smallest absolute Gasteiger partial charge is 0.119 e. The molecule has 1 aromatic heterocycles. The number of ether oxygens (including phenoxy) is 1. The lowest BCUT2D eigenvalue weighted by Crippen LogP contribution is -2.20. The van der Waals surface area contributed by atoms with E-state index in [0.29, 0.717) is 5.92 Å². The van der Waals surface area contributed by atoms with Crippen molar-refractivity contribution < 1.29 is 4.74 Å². The first-order chi connectivity index (χ1) is 9.78. The van der Waals surface area contributed by atoms with Crippen LogP contribution >= 0.6 is 0 Å². The van der Waals surface area contributed by atoms with E-state index < -0.39 is 0 Å². The molecule has 2 heteroatoms. The second-order valence-electron chi connectivity index (χ2n) is 5.75. The maximum atomic E-state index is 5.35. The van der Waals surface area contributed by atoms with Crippen molar-refractivity contribution in [2.45, 2.75) is 32.1 Å². The van der Waals surface area contributed by atoms with Crippen LogP contribution < -0.4 is 4.74 Å². The Labute approximate surface area is 120 Å². The van der Waals surface area contributed by atoms with Crippen LogP contribution in [0.3, 0.4) is 0 Å². The Kier molecular flexibility index (Phi) is 3.72. The summed E-state index contributed by atoms with van der Waals surface area (Å²) in [5.41, 5.74) is 4.28. The normalized spacial score (nSPS) is 21.3. The molecular formula is C18H21NO. The van der Waals surface area contributed by atoms with E-state index in [1.807, 2.05) is 18.5 Å². The predicted molar refractivity (Wildman–Crippen MR) is 81.2 cm³/mol. The molecule has 0 radical (unpaired) electrons. The molecule has 0 aliphatic heterocycles. The van der Waals surface area contributed by atoms with Gasteiger partial charge in [0.1, 0.15) is 5.75 Å². The molecule has 0 bridgehead atoms. The third-order valence-electron chi connectivity index (χ3n) is 4.48. The highest BCUT2D eigenvalue weighted by molar-refractivity contribution is 5.40. The largest absolute Gasteiger partial charge is 0.497 e. The number of methoxy groups -OCH3 is 1. The molecular weight excluding hydrogens is 246 g/mol. The summed E-state index contributed by atoms with van der Waals surface area (Å²) in [5.74, 6) is 2.28.